The highest BCUT2D eigenvalue weighted by molar-refractivity contribution is 6.20. The number of hydrogen-bond donors (Lipinski definition) is 0. The molecule has 1 fully saturated rings. The summed E-state index contributed by atoms with van der Waals surface area (Å²) in [6.07, 6.45) is 0. The Bertz CT molecular complexity index is 660. The zero-order chi connectivity index (χ0) is 18.1. The Morgan fingerprint density at radius 2 is 1.52 bits per heavy atom. The first-order chi connectivity index (χ1) is 11.9. The molecule has 7 nitrogen and oxygen atoms in total. The maximum Gasteiger partial charge on any atom is 0.350 e. The Labute approximate surface area is 147 Å². The highest BCUT2D eigenvalue weighted by Gasteiger charge is 2.41. The van der Waals surface area contributed by atoms with Crippen molar-refractivity contribution >= 4 is 17.8 Å². The number of piperazine rings is 1. The lowest BCUT2D eigenvalue weighted by Crippen LogP contribution is -2.55. The molecule has 2 amide bonds. The Morgan fingerprint density at radius 3 is 2.00 bits per heavy atom. The van der Waals surface area contributed by atoms with Crippen molar-refractivity contribution < 1.29 is 19.2 Å². The number of likely N-dealkylation sites (N-methyl/N-ethyl adjacent to an activating group) is 1. The van der Waals surface area contributed by atoms with Crippen LogP contribution in [0.1, 0.15) is 34.6 Å². The number of amides is 2. The molecule has 2 heterocycles. The predicted octanol–water partition coefficient (Wildman–Crippen LogP) is 1.01. The average Bonchev–Trinajstić information content (AvgIpc) is 2.82. The average molecular weight is 345 g/mol. The third-order valence-electron chi connectivity index (χ3n) is 4.74. The maximum atomic E-state index is 12.7. The van der Waals surface area contributed by atoms with Gasteiger partial charge in [0.05, 0.1) is 11.1 Å². The molecule has 0 spiro atoms. The standard InChI is InChI=1S/C18H23N3O4/c1-12(2)15(20-10-8-19(3)9-11-20)18(24)25-21-16(22)13-6-4-5-7-14(13)17(21)23/h4-7,12,15H,8-11H2,1-3H3. The highest BCUT2D eigenvalue weighted by atomic mass is 16.7. The number of hydroxylamine groups is 2. The minimum atomic E-state index is -0.588. The first kappa shape index (κ1) is 17.6. The lowest BCUT2D eigenvalue weighted by molar-refractivity contribution is -0.177. The molecule has 0 N–H and O–H groups in total. The Balaban J connectivity index is 1.74. The minimum absolute atomic E-state index is 0.00564. The molecular formula is C18H23N3O4. The van der Waals surface area contributed by atoms with Gasteiger partial charge in [0.25, 0.3) is 11.8 Å². The van der Waals surface area contributed by atoms with E-state index in [1.807, 2.05) is 20.9 Å². The zero-order valence-corrected chi connectivity index (χ0v) is 14.8. The van der Waals surface area contributed by atoms with Crippen molar-refractivity contribution in [1.29, 1.82) is 0 Å². The van der Waals surface area contributed by atoms with E-state index in [9.17, 15) is 14.4 Å². The third-order valence-corrected chi connectivity index (χ3v) is 4.74. The fraction of sp³-hybridized carbons (Fsp3) is 0.500. The van der Waals surface area contributed by atoms with Gasteiger partial charge in [-0.25, -0.2) is 4.79 Å². The molecule has 1 unspecified atom stereocenters. The molecule has 0 aromatic heterocycles. The van der Waals surface area contributed by atoms with Crippen molar-refractivity contribution in [2.45, 2.75) is 19.9 Å². The van der Waals surface area contributed by atoms with Gasteiger partial charge in [-0.15, -0.1) is 0 Å². The minimum Gasteiger partial charge on any atom is -0.328 e. The topological polar surface area (TPSA) is 70.2 Å². The lowest BCUT2D eigenvalue weighted by Gasteiger charge is -2.38. The SMILES string of the molecule is CC(C)C(C(=O)ON1C(=O)c2ccccc2C1=O)N1CCN(C)CC1. The van der Waals surface area contributed by atoms with E-state index in [4.69, 9.17) is 4.84 Å². The summed E-state index contributed by atoms with van der Waals surface area (Å²) in [5, 5.41) is 0.596. The van der Waals surface area contributed by atoms with Gasteiger partial charge in [-0.2, -0.15) is 0 Å². The van der Waals surface area contributed by atoms with E-state index in [0.717, 1.165) is 26.2 Å². The van der Waals surface area contributed by atoms with Crippen LogP contribution in [0.3, 0.4) is 0 Å². The summed E-state index contributed by atoms with van der Waals surface area (Å²) in [6, 6.07) is 5.98. The number of imide groups is 1. The van der Waals surface area contributed by atoms with Gasteiger partial charge in [0.1, 0.15) is 6.04 Å². The molecule has 7 heteroatoms. The largest absolute Gasteiger partial charge is 0.350 e. The van der Waals surface area contributed by atoms with Crippen LogP contribution in [0.2, 0.25) is 0 Å². The second-order valence-electron chi connectivity index (χ2n) is 6.89. The van der Waals surface area contributed by atoms with Crippen molar-refractivity contribution in [3.05, 3.63) is 35.4 Å². The van der Waals surface area contributed by atoms with Gasteiger partial charge >= 0.3 is 5.97 Å². The fourth-order valence-corrected chi connectivity index (χ4v) is 3.34. The highest BCUT2D eigenvalue weighted by Crippen LogP contribution is 2.24. The summed E-state index contributed by atoms with van der Waals surface area (Å²) >= 11 is 0. The molecule has 3 rings (SSSR count). The van der Waals surface area contributed by atoms with E-state index in [-0.39, 0.29) is 17.0 Å². The van der Waals surface area contributed by atoms with E-state index < -0.39 is 23.8 Å². The number of carbonyl (C=O) groups is 3. The molecule has 134 valence electrons. The number of carbonyl (C=O) groups excluding carboxylic acids is 3. The fourth-order valence-electron chi connectivity index (χ4n) is 3.34. The van der Waals surface area contributed by atoms with Crippen molar-refractivity contribution in [3.63, 3.8) is 0 Å². The predicted molar refractivity (Wildman–Crippen MR) is 90.7 cm³/mol. The Hall–Kier alpha value is -2.25. The Kier molecular flexibility index (Phi) is 4.87. The van der Waals surface area contributed by atoms with Crippen LogP contribution >= 0.6 is 0 Å². The number of nitrogens with zero attached hydrogens (tertiary/aromatic N) is 3. The van der Waals surface area contributed by atoms with Gasteiger partial charge in [0.2, 0.25) is 0 Å². The molecule has 1 saturated heterocycles. The number of hydrogen-bond acceptors (Lipinski definition) is 6. The van der Waals surface area contributed by atoms with Crippen molar-refractivity contribution in [1.82, 2.24) is 14.9 Å². The van der Waals surface area contributed by atoms with Gasteiger partial charge in [-0.3, -0.25) is 14.5 Å². The monoisotopic (exact) mass is 345 g/mol. The second kappa shape index (κ2) is 6.93. The molecule has 2 aliphatic heterocycles. The smallest absolute Gasteiger partial charge is 0.328 e. The molecule has 1 aromatic carbocycles. The molecule has 1 atom stereocenters. The van der Waals surface area contributed by atoms with Crippen molar-refractivity contribution in [2.24, 2.45) is 5.92 Å². The number of rotatable bonds is 4. The molecule has 0 saturated carbocycles. The summed E-state index contributed by atoms with van der Waals surface area (Å²) in [5.41, 5.74) is 0.530. The van der Waals surface area contributed by atoms with Gasteiger partial charge in [-0.05, 0) is 25.1 Å². The lowest BCUT2D eigenvalue weighted by atomic mass is 10.0. The summed E-state index contributed by atoms with van der Waals surface area (Å²) in [6.45, 7) is 7.10. The quantitative estimate of drug-likeness (QED) is 0.759. The number of fused-ring (bicyclic) bond motifs is 1. The van der Waals surface area contributed by atoms with E-state index in [1.54, 1.807) is 24.3 Å². The van der Waals surface area contributed by atoms with Gasteiger partial charge < -0.3 is 9.74 Å². The van der Waals surface area contributed by atoms with E-state index in [1.165, 1.54) is 0 Å². The van der Waals surface area contributed by atoms with Gasteiger partial charge in [0, 0.05) is 26.2 Å². The van der Waals surface area contributed by atoms with Crippen molar-refractivity contribution in [3.8, 4) is 0 Å². The molecule has 1 aromatic rings. The van der Waals surface area contributed by atoms with Crippen LogP contribution in [-0.4, -0.2) is 71.9 Å². The van der Waals surface area contributed by atoms with Crippen LogP contribution in [-0.2, 0) is 9.63 Å². The van der Waals surface area contributed by atoms with E-state index in [2.05, 4.69) is 9.80 Å². The normalized spacial score (nSPS) is 20.1. The molecule has 2 aliphatic rings. The van der Waals surface area contributed by atoms with E-state index in [0.29, 0.717) is 5.06 Å². The Morgan fingerprint density at radius 1 is 1.00 bits per heavy atom. The third kappa shape index (κ3) is 3.29. The van der Waals surface area contributed by atoms with Crippen LogP contribution in [0.4, 0.5) is 0 Å². The summed E-state index contributed by atoms with van der Waals surface area (Å²) in [4.78, 5) is 47.0. The zero-order valence-electron chi connectivity index (χ0n) is 14.8. The summed E-state index contributed by atoms with van der Waals surface area (Å²) in [5.74, 6) is -1.73. The molecule has 0 radical (unpaired) electrons. The van der Waals surface area contributed by atoms with Gasteiger partial charge in [0.15, 0.2) is 0 Å². The first-order valence-corrected chi connectivity index (χ1v) is 8.52. The van der Waals surface area contributed by atoms with Crippen LogP contribution in [0.25, 0.3) is 0 Å². The van der Waals surface area contributed by atoms with Crippen LogP contribution in [0, 0.1) is 5.92 Å². The van der Waals surface area contributed by atoms with Crippen molar-refractivity contribution in [2.75, 3.05) is 33.2 Å². The van der Waals surface area contributed by atoms with Crippen LogP contribution < -0.4 is 0 Å². The molecule has 25 heavy (non-hydrogen) atoms. The molecular weight excluding hydrogens is 322 g/mol. The number of benzene rings is 1. The van der Waals surface area contributed by atoms with E-state index >= 15 is 0 Å². The maximum absolute atomic E-state index is 12.7. The molecule has 0 bridgehead atoms. The van der Waals surface area contributed by atoms with Crippen LogP contribution in [0.15, 0.2) is 24.3 Å². The summed E-state index contributed by atoms with van der Waals surface area (Å²) < 4.78 is 0. The summed E-state index contributed by atoms with van der Waals surface area (Å²) in [7, 11) is 2.04. The van der Waals surface area contributed by atoms with Crippen LogP contribution in [0.5, 0.6) is 0 Å². The first-order valence-electron chi connectivity index (χ1n) is 8.52. The molecule has 0 aliphatic carbocycles. The second-order valence-corrected chi connectivity index (χ2v) is 6.89. The van der Waals surface area contributed by atoms with Gasteiger partial charge in [-0.1, -0.05) is 31.0 Å².